The van der Waals surface area contributed by atoms with Crippen LogP contribution in [0, 0.1) is 0 Å². The van der Waals surface area contributed by atoms with Crippen molar-refractivity contribution in [2.45, 2.75) is 58.2 Å². The lowest BCUT2D eigenvalue weighted by Gasteiger charge is -2.31. The molecule has 2 atom stereocenters. The van der Waals surface area contributed by atoms with Gasteiger partial charge >= 0.3 is 6.01 Å². The quantitative estimate of drug-likeness (QED) is 0.915. The molecular weight excluding hydrogens is 282 g/mol. The summed E-state index contributed by atoms with van der Waals surface area (Å²) in [5.41, 5.74) is 0. The minimum absolute atomic E-state index is 0.0851. The molecule has 3 heterocycles. The topological polar surface area (TPSA) is 78.0 Å². The van der Waals surface area contributed by atoms with Gasteiger partial charge in [-0.3, -0.25) is 0 Å². The summed E-state index contributed by atoms with van der Waals surface area (Å²) in [5, 5.41) is 7.32. The third kappa shape index (κ3) is 2.99. The lowest BCUT2D eigenvalue weighted by atomic mass is 10.0. The van der Waals surface area contributed by atoms with Gasteiger partial charge in [0, 0.05) is 31.5 Å². The molecule has 1 N–H and O–H groups in total. The van der Waals surface area contributed by atoms with Gasteiger partial charge in [-0.15, -0.1) is 0 Å². The average molecular weight is 305 g/mol. The molecule has 7 heteroatoms. The van der Waals surface area contributed by atoms with Gasteiger partial charge < -0.3 is 19.1 Å². The van der Waals surface area contributed by atoms with Gasteiger partial charge in [0.05, 0.1) is 6.04 Å². The van der Waals surface area contributed by atoms with Crippen molar-refractivity contribution >= 4 is 6.01 Å². The molecule has 0 unspecified atom stereocenters. The van der Waals surface area contributed by atoms with E-state index in [1.165, 1.54) is 0 Å². The van der Waals surface area contributed by atoms with E-state index in [1.54, 1.807) is 0 Å². The highest BCUT2D eigenvalue weighted by Gasteiger charge is 2.31. The van der Waals surface area contributed by atoms with Crippen LogP contribution in [0.3, 0.4) is 0 Å². The number of aromatic nitrogens is 4. The number of aryl methyl sites for hydroxylation is 1. The van der Waals surface area contributed by atoms with Crippen LogP contribution >= 0.6 is 0 Å². The van der Waals surface area contributed by atoms with Crippen molar-refractivity contribution < 1.29 is 9.26 Å². The highest BCUT2D eigenvalue weighted by molar-refractivity contribution is 5.24. The second-order valence-electron chi connectivity index (χ2n) is 5.87. The van der Waals surface area contributed by atoms with E-state index in [0.717, 1.165) is 31.8 Å². The lowest BCUT2D eigenvalue weighted by molar-refractivity contribution is -0.00235. The standard InChI is InChI=1S/C15H23N5O2/c1-4-20-8-7-16-14(20)12-11(6-5-9-21-12)17-15-18-13(10(2)3)19-22-15/h7-8,10-12H,4-6,9H2,1-3H3,(H,17,18,19)/t11-,12-/m0/s1. The maximum atomic E-state index is 5.97. The zero-order valence-electron chi connectivity index (χ0n) is 13.3. The molecule has 0 saturated carbocycles. The zero-order chi connectivity index (χ0) is 15.5. The highest BCUT2D eigenvalue weighted by atomic mass is 16.5. The van der Waals surface area contributed by atoms with Crippen molar-refractivity contribution in [3.05, 3.63) is 24.0 Å². The van der Waals surface area contributed by atoms with Crippen LogP contribution in [0.4, 0.5) is 6.01 Å². The van der Waals surface area contributed by atoms with E-state index in [-0.39, 0.29) is 18.1 Å². The van der Waals surface area contributed by atoms with E-state index >= 15 is 0 Å². The molecule has 0 spiro atoms. The van der Waals surface area contributed by atoms with Crippen LogP contribution < -0.4 is 5.32 Å². The van der Waals surface area contributed by atoms with Crippen LogP contribution in [-0.4, -0.2) is 32.3 Å². The SMILES string of the molecule is CCn1ccnc1[C@H]1OCCC[C@@H]1Nc1nc(C(C)C)no1. The van der Waals surface area contributed by atoms with Crippen LogP contribution in [-0.2, 0) is 11.3 Å². The minimum atomic E-state index is -0.0990. The fourth-order valence-corrected chi connectivity index (χ4v) is 2.72. The maximum Gasteiger partial charge on any atom is 0.321 e. The molecule has 0 radical (unpaired) electrons. The molecule has 1 aliphatic rings. The number of hydrogen-bond donors (Lipinski definition) is 1. The summed E-state index contributed by atoms with van der Waals surface area (Å²) >= 11 is 0. The summed E-state index contributed by atoms with van der Waals surface area (Å²) in [4.78, 5) is 8.86. The first-order valence-electron chi connectivity index (χ1n) is 7.91. The summed E-state index contributed by atoms with van der Waals surface area (Å²) in [6.45, 7) is 7.81. The van der Waals surface area contributed by atoms with Crippen molar-refractivity contribution in [3.63, 3.8) is 0 Å². The Kier molecular flexibility index (Phi) is 4.42. The monoisotopic (exact) mass is 305 g/mol. The van der Waals surface area contributed by atoms with Crippen LogP contribution in [0.25, 0.3) is 0 Å². The summed E-state index contributed by atoms with van der Waals surface area (Å²) in [6.07, 6.45) is 5.69. The molecule has 0 aliphatic carbocycles. The molecule has 2 aromatic heterocycles. The first-order valence-corrected chi connectivity index (χ1v) is 7.91. The fourth-order valence-electron chi connectivity index (χ4n) is 2.72. The predicted molar refractivity (Wildman–Crippen MR) is 81.6 cm³/mol. The number of anilines is 1. The Morgan fingerprint density at radius 1 is 1.45 bits per heavy atom. The Labute approximate surface area is 130 Å². The van der Waals surface area contributed by atoms with Gasteiger partial charge in [0.2, 0.25) is 0 Å². The van der Waals surface area contributed by atoms with Crippen molar-refractivity contribution in [1.82, 2.24) is 19.7 Å². The normalized spacial score (nSPS) is 22.2. The Bertz CT molecular complexity index is 607. The lowest BCUT2D eigenvalue weighted by Crippen LogP contribution is -2.35. The van der Waals surface area contributed by atoms with E-state index < -0.39 is 0 Å². The number of imidazole rings is 1. The van der Waals surface area contributed by atoms with Crippen LogP contribution in [0.1, 0.15) is 57.3 Å². The molecule has 0 amide bonds. The molecular formula is C15H23N5O2. The largest absolute Gasteiger partial charge is 0.368 e. The molecule has 3 rings (SSSR count). The summed E-state index contributed by atoms with van der Waals surface area (Å²) < 4.78 is 13.4. The molecule has 0 aromatic carbocycles. The Balaban J connectivity index is 1.77. The van der Waals surface area contributed by atoms with Gasteiger partial charge in [0.25, 0.3) is 0 Å². The maximum absolute atomic E-state index is 5.97. The van der Waals surface area contributed by atoms with Gasteiger partial charge in [0.15, 0.2) is 5.82 Å². The third-order valence-electron chi connectivity index (χ3n) is 3.93. The van der Waals surface area contributed by atoms with Crippen molar-refractivity contribution in [3.8, 4) is 0 Å². The van der Waals surface area contributed by atoms with Crippen LogP contribution in [0.2, 0.25) is 0 Å². The molecule has 7 nitrogen and oxygen atoms in total. The molecule has 1 fully saturated rings. The van der Waals surface area contributed by atoms with Crippen LogP contribution in [0.15, 0.2) is 16.9 Å². The van der Waals surface area contributed by atoms with Crippen LogP contribution in [0.5, 0.6) is 0 Å². The Morgan fingerprint density at radius 3 is 3.05 bits per heavy atom. The van der Waals surface area contributed by atoms with Gasteiger partial charge in [-0.1, -0.05) is 19.0 Å². The summed E-state index contributed by atoms with van der Waals surface area (Å²) in [7, 11) is 0. The zero-order valence-corrected chi connectivity index (χ0v) is 13.3. The first kappa shape index (κ1) is 15.0. The number of rotatable bonds is 5. The number of hydrogen-bond acceptors (Lipinski definition) is 6. The van der Waals surface area contributed by atoms with E-state index in [2.05, 4.69) is 31.9 Å². The Morgan fingerprint density at radius 2 is 2.32 bits per heavy atom. The van der Waals surface area contributed by atoms with Gasteiger partial charge in [-0.05, 0) is 19.8 Å². The molecule has 2 aromatic rings. The van der Waals surface area contributed by atoms with Crippen molar-refractivity contribution in [2.24, 2.45) is 0 Å². The van der Waals surface area contributed by atoms with E-state index in [4.69, 9.17) is 9.26 Å². The minimum Gasteiger partial charge on any atom is -0.368 e. The van der Waals surface area contributed by atoms with Crippen molar-refractivity contribution in [2.75, 3.05) is 11.9 Å². The average Bonchev–Trinajstić information content (AvgIpc) is 3.16. The second-order valence-corrected chi connectivity index (χ2v) is 5.87. The van der Waals surface area contributed by atoms with E-state index in [0.29, 0.717) is 11.8 Å². The summed E-state index contributed by atoms with van der Waals surface area (Å²) in [5.74, 6) is 1.91. The second kappa shape index (κ2) is 6.48. The van der Waals surface area contributed by atoms with Gasteiger partial charge in [-0.25, -0.2) is 4.98 Å². The molecule has 1 aliphatic heterocycles. The number of nitrogens with one attached hydrogen (secondary N) is 1. The Hall–Kier alpha value is -1.89. The van der Waals surface area contributed by atoms with E-state index in [1.807, 2.05) is 26.2 Å². The predicted octanol–water partition coefficient (Wildman–Crippen LogP) is 2.74. The number of ether oxygens (including phenoxy) is 1. The molecule has 22 heavy (non-hydrogen) atoms. The molecule has 1 saturated heterocycles. The van der Waals surface area contributed by atoms with E-state index in [9.17, 15) is 0 Å². The van der Waals surface area contributed by atoms with Gasteiger partial charge in [0.1, 0.15) is 11.9 Å². The van der Waals surface area contributed by atoms with Gasteiger partial charge in [-0.2, -0.15) is 4.98 Å². The number of nitrogens with zero attached hydrogens (tertiary/aromatic N) is 4. The fraction of sp³-hybridized carbons (Fsp3) is 0.667. The summed E-state index contributed by atoms with van der Waals surface area (Å²) in [6, 6.07) is 0.542. The smallest absolute Gasteiger partial charge is 0.321 e. The third-order valence-corrected chi connectivity index (χ3v) is 3.93. The molecule has 120 valence electrons. The molecule has 0 bridgehead atoms. The highest BCUT2D eigenvalue weighted by Crippen LogP contribution is 2.30. The first-order chi connectivity index (χ1) is 10.7. The van der Waals surface area contributed by atoms with Crippen molar-refractivity contribution in [1.29, 1.82) is 0 Å².